The molecule has 6 aromatic carbocycles. The lowest BCUT2D eigenvalue weighted by molar-refractivity contribution is -0.137. The van der Waals surface area contributed by atoms with Gasteiger partial charge in [0.1, 0.15) is 34.0 Å². The topological polar surface area (TPSA) is 214 Å². The number of rotatable bonds is 54. The van der Waals surface area contributed by atoms with E-state index in [0.717, 1.165) is 204 Å². The van der Waals surface area contributed by atoms with Gasteiger partial charge in [-0.25, -0.2) is 24.9 Å². The molecular weight excluding hydrogens is 1650 g/mol. The first-order chi connectivity index (χ1) is 64.7. The lowest BCUT2D eigenvalue weighted by Crippen LogP contribution is -2.45. The van der Waals surface area contributed by atoms with Crippen LogP contribution in [0.2, 0.25) is 0 Å². The predicted molar refractivity (Wildman–Crippen MR) is 567 cm³/mol. The van der Waals surface area contributed by atoms with E-state index < -0.39 is 0 Å². The molecule has 0 aliphatic carbocycles. The number of nitrogen functional groups attached to an aromatic ring is 2. The van der Waals surface area contributed by atoms with Crippen LogP contribution >= 0.6 is 0 Å². The molecular formula is C117H170N14O3. The maximum absolute atomic E-state index is 13.4. The second-order valence-electron chi connectivity index (χ2n) is 41.6. The van der Waals surface area contributed by atoms with Gasteiger partial charge in [-0.3, -0.25) is 19.4 Å². The van der Waals surface area contributed by atoms with Crippen molar-refractivity contribution in [2.45, 2.75) is 424 Å². The summed E-state index contributed by atoms with van der Waals surface area (Å²) in [5.41, 5.74) is 29.5. The van der Waals surface area contributed by atoms with Crippen molar-refractivity contribution < 1.29 is 14.4 Å². The Balaban J connectivity index is 0.000000208. The maximum atomic E-state index is 13.4. The summed E-state index contributed by atoms with van der Waals surface area (Å²) >= 11 is 0. The van der Waals surface area contributed by atoms with Gasteiger partial charge in [0.2, 0.25) is 17.7 Å². The van der Waals surface area contributed by atoms with Gasteiger partial charge in [-0.2, -0.15) is 0 Å². The Hall–Kier alpha value is -10.0. The smallest absolute Gasteiger partial charge is 0.223 e. The van der Waals surface area contributed by atoms with Crippen LogP contribution in [-0.2, 0) is 79.3 Å². The number of nitrogens with two attached hydrogens (primary N) is 2. The summed E-state index contributed by atoms with van der Waals surface area (Å²) in [5.74, 6) is 4.90. The highest BCUT2D eigenvalue weighted by Crippen LogP contribution is 2.37. The average molecular weight is 1820 g/mol. The SMILES string of the molecule is CCCCCCCCCCCC(=O)N(Cc1ccc(Cn2c(CCCC)nc3c(N)nc4ccccc4c32)cc1)C(C)(C)C.CCCCCCCCCCCCC(=O)N(Cc1ccc(Cn2c(CCCC)nc3c(N)nc4ccccc4c32)cc1)C(C)(C)C.CCCCCCCCCCCCC(=O)NCc1ccc(Cn2c(CCCC)nc3c(CC(C)(C)C)nc4ccccc4c32)cc1. The number of carbonyl (C=O) groups is 3. The molecule has 0 unspecified atom stereocenters. The minimum atomic E-state index is -0.229. The van der Waals surface area contributed by atoms with Gasteiger partial charge in [-0.1, -0.05) is 376 Å². The number of anilines is 2. The third-order valence-electron chi connectivity index (χ3n) is 26.6. The fraction of sp³-hybridized carbons (Fsp3) is 0.564. The van der Waals surface area contributed by atoms with E-state index in [0.29, 0.717) is 63.6 Å². The van der Waals surface area contributed by atoms with Gasteiger partial charge in [0, 0.05) is 105 Å². The first kappa shape index (κ1) is 106. The van der Waals surface area contributed by atoms with Gasteiger partial charge in [-0.15, -0.1) is 0 Å². The third-order valence-corrected chi connectivity index (χ3v) is 26.6. The molecule has 0 saturated carbocycles. The number of imidazole rings is 3. The zero-order valence-corrected chi connectivity index (χ0v) is 85.6. The summed E-state index contributed by atoms with van der Waals surface area (Å²) < 4.78 is 7.10. The molecule has 12 rings (SSSR count). The van der Waals surface area contributed by atoms with Crippen molar-refractivity contribution in [3.8, 4) is 0 Å². The number of aromatic nitrogens is 9. The molecule has 5 N–H and O–H groups in total. The van der Waals surface area contributed by atoms with E-state index in [-0.39, 0.29) is 34.2 Å². The molecule has 6 aromatic heterocycles. The van der Waals surface area contributed by atoms with Gasteiger partial charge in [-0.05, 0) is 143 Å². The minimum absolute atomic E-state index is 0.119. The van der Waals surface area contributed by atoms with E-state index in [1.54, 1.807) is 0 Å². The first-order valence-electron chi connectivity index (χ1n) is 52.7. The van der Waals surface area contributed by atoms with Gasteiger partial charge in [0.05, 0.1) is 38.8 Å². The molecule has 0 radical (unpaired) electrons. The molecule has 726 valence electrons. The molecule has 17 nitrogen and oxygen atoms in total. The van der Waals surface area contributed by atoms with Crippen LogP contribution in [0.1, 0.15) is 404 Å². The summed E-state index contributed by atoms with van der Waals surface area (Å²) in [6, 6.07) is 51.1. The Morgan fingerprint density at radius 2 is 0.590 bits per heavy atom. The first-order valence-corrected chi connectivity index (χ1v) is 52.7. The zero-order valence-electron chi connectivity index (χ0n) is 85.6. The Morgan fingerprint density at radius 3 is 0.910 bits per heavy atom. The normalized spacial score (nSPS) is 11.9. The van der Waals surface area contributed by atoms with Gasteiger partial charge in [0.15, 0.2) is 11.6 Å². The van der Waals surface area contributed by atoms with Crippen LogP contribution in [0.15, 0.2) is 146 Å². The number of nitrogens with zero attached hydrogens (tertiary/aromatic N) is 11. The fourth-order valence-corrected chi connectivity index (χ4v) is 18.7. The number of benzene rings is 6. The molecule has 17 heteroatoms. The second-order valence-corrected chi connectivity index (χ2v) is 41.6. The standard InChI is InChI=1S/C40H58N4O.C39H57N5O.C38H55N5O/c1-6-8-10-11-12-13-14-15-16-17-23-37(45)41-29-31-24-26-32(27-25-31)30-44-36(22-9-7-2)43-38-35(28-40(3,4)5)42-34-21-19-18-20-33(34)39(38)44;1-6-8-10-11-12-13-14-15-16-17-23-35(45)44(39(3,4)5)29-31-26-24-30(25-27-31)28-43-34(22-9-7-2)42-36-37(43)32-20-18-19-21-33(32)41-38(36)40;1-6-8-10-11-12-13-14-15-16-22-34(44)43(38(3,4)5)28-30-25-23-29(24-26-30)27-42-33(21-9-7-2)41-35-36(42)31-19-17-18-20-32(31)40-37(35)39/h18-21,24-27H,6-17,22-23,28-30H2,1-5H3,(H,41,45);18-21,24-27H,6-17,22-23,28-29H2,1-5H3,(H2,40,41);17-20,23-26H,6-16,21-22,27-28H2,1-5H3,(H2,39,40). The number of fused-ring (bicyclic) bond motifs is 9. The van der Waals surface area contributed by atoms with Gasteiger partial charge in [0.25, 0.3) is 0 Å². The summed E-state index contributed by atoms with van der Waals surface area (Å²) in [5, 5.41) is 6.46. The van der Waals surface area contributed by atoms with Crippen molar-refractivity contribution in [3.63, 3.8) is 0 Å². The molecule has 0 atom stereocenters. The molecule has 134 heavy (non-hydrogen) atoms. The lowest BCUT2D eigenvalue weighted by Gasteiger charge is -2.36. The summed E-state index contributed by atoms with van der Waals surface area (Å²) in [6.07, 6.45) is 49.1. The van der Waals surface area contributed by atoms with Gasteiger partial charge < -0.3 is 40.3 Å². The molecule has 12 aromatic rings. The molecule has 0 aliphatic heterocycles. The van der Waals surface area contributed by atoms with E-state index in [1.807, 2.05) is 24.3 Å². The monoisotopic (exact) mass is 1820 g/mol. The van der Waals surface area contributed by atoms with Crippen LogP contribution < -0.4 is 16.8 Å². The highest BCUT2D eigenvalue weighted by Gasteiger charge is 2.30. The van der Waals surface area contributed by atoms with E-state index >= 15 is 0 Å². The molecule has 0 bridgehead atoms. The number of hydrogen-bond donors (Lipinski definition) is 3. The van der Waals surface area contributed by atoms with E-state index in [2.05, 4.69) is 264 Å². The van der Waals surface area contributed by atoms with Crippen LogP contribution in [0.4, 0.5) is 11.6 Å². The number of carbonyl (C=O) groups excluding carboxylic acids is 3. The van der Waals surface area contributed by atoms with Crippen LogP contribution in [0, 0.1) is 5.41 Å². The Labute approximate surface area is 806 Å². The van der Waals surface area contributed by atoms with E-state index in [9.17, 15) is 14.4 Å². The summed E-state index contributed by atoms with van der Waals surface area (Å²) in [7, 11) is 0. The highest BCUT2D eigenvalue weighted by atomic mass is 16.2. The number of unbranched alkanes of at least 4 members (excludes halogenated alkanes) is 29. The maximum Gasteiger partial charge on any atom is 0.223 e. The van der Waals surface area contributed by atoms with Crippen LogP contribution in [0.3, 0.4) is 0 Å². The number of amides is 3. The van der Waals surface area contributed by atoms with Crippen molar-refractivity contribution in [3.05, 3.63) is 202 Å². The predicted octanol–water partition coefficient (Wildman–Crippen LogP) is 30.1. The molecule has 0 spiro atoms. The number of aryl methyl sites for hydroxylation is 3. The second kappa shape index (κ2) is 54.6. The molecule has 0 saturated heterocycles. The quantitative estimate of drug-likeness (QED) is 0.0305. The minimum Gasteiger partial charge on any atom is -0.382 e. The van der Waals surface area contributed by atoms with Crippen molar-refractivity contribution in [1.82, 2.24) is 58.7 Å². The van der Waals surface area contributed by atoms with E-state index in [4.69, 9.17) is 31.4 Å². The molecule has 0 aliphatic rings. The lowest BCUT2D eigenvalue weighted by atomic mass is 9.89. The Kier molecular flexibility index (Phi) is 43.2. The van der Waals surface area contributed by atoms with Crippen molar-refractivity contribution >= 4 is 95.2 Å². The Bertz CT molecular complexity index is 5540. The van der Waals surface area contributed by atoms with Crippen molar-refractivity contribution in [1.29, 1.82) is 0 Å². The van der Waals surface area contributed by atoms with Crippen LogP contribution in [0.25, 0.3) is 65.8 Å². The largest absolute Gasteiger partial charge is 0.382 e. The average Bonchev–Trinajstić information content (AvgIpc) is 1.60. The fourth-order valence-electron chi connectivity index (χ4n) is 18.7. The Morgan fingerprint density at radius 1 is 0.313 bits per heavy atom. The van der Waals surface area contributed by atoms with Crippen molar-refractivity contribution in [2.75, 3.05) is 11.5 Å². The van der Waals surface area contributed by atoms with E-state index in [1.165, 1.54) is 175 Å². The number of hydrogen-bond acceptors (Lipinski definition) is 11. The summed E-state index contributed by atoms with van der Waals surface area (Å²) in [6.45, 7) is 37.1. The molecule has 6 heterocycles. The molecule has 0 fully saturated rings. The number of nitrogens with one attached hydrogen (secondary N) is 1. The zero-order chi connectivity index (χ0) is 95.8. The molecule has 3 amide bonds. The highest BCUT2D eigenvalue weighted by molar-refractivity contribution is 6.08. The third kappa shape index (κ3) is 32.6. The van der Waals surface area contributed by atoms with Crippen LogP contribution in [-0.4, -0.2) is 82.2 Å². The number of para-hydroxylation sites is 3. The number of pyridine rings is 3. The van der Waals surface area contributed by atoms with Gasteiger partial charge >= 0.3 is 0 Å². The summed E-state index contributed by atoms with van der Waals surface area (Å²) in [4.78, 5) is 73.0. The van der Waals surface area contributed by atoms with Crippen LogP contribution in [0.5, 0.6) is 0 Å². The van der Waals surface area contributed by atoms with Crippen molar-refractivity contribution in [2.24, 2.45) is 5.41 Å².